The lowest BCUT2D eigenvalue weighted by molar-refractivity contribution is -0.384. The lowest BCUT2D eigenvalue weighted by Gasteiger charge is -2.55. The lowest BCUT2D eigenvalue weighted by Crippen LogP contribution is -2.75. The Kier molecular flexibility index (Phi) is 6.11. The smallest absolute Gasteiger partial charge is 0.331 e. The standard InChI is InChI=1S/C29H27N5O5/c35-26-29(27(36)33(28(37)30-26)18-21-9-5-2-6-10-21)16-22-15-23(34(38)39)11-12-24(22)32-14-13-31(19-25(29)32)17-20-7-3-1-4-8-20/h1-12,15,25H,13-14,16-19H2,(H,30,35,37)/t25-,29+/m1/s1. The first kappa shape index (κ1) is 24.7. The predicted octanol–water partition coefficient (Wildman–Crippen LogP) is 3.11. The average molecular weight is 526 g/mol. The Bertz CT molecular complexity index is 1460. The van der Waals surface area contributed by atoms with Gasteiger partial charge < -0.3 is 4.90 Å². The number of carbonyl (C=O) groups excluding carboxylic acids is 3. The number of nitrogens with one attached hydrogen (secondary N) is 1. The molecule has 3 aromatic carbocycles. The molecule has 2 fully saturated rings. The maximum Gasteiger partial charge on any atom is 0.331 e. The fourth-order valence-electron chi connectivity index (χ4n) is 6.13. The predicted molar refractivity (Wildman–Crippen MR) is 143 cm³/mol. The van der Waals surface area contributed by atoms with Crippen LogP contribution in [0.4, 0.5) is 16.2 Å². The van der Waals surface area contributed by atoms with Crippen LogP contribution in [0.25, 0.3) is 0 Å². The molecule has 3 aromatic rings. The van der Waals surface area contributed by atoms with Crippen LogP contribution in [0.1, 0.15) is 16.7 Å². The zero-order chi connectivity index (χ0) is 27.1. The topological polar surface area (TPSA) is 116 Å². The molecular weight excluding hydrogens is 498 g/mol. The number of barbiturate groups is 1. The number of fused-ring (bicyclic) bond motifs is 4. The van der Waals surface area contributed by atoms with Crippen LogP contribution in [0.3, 0.4) is 0 Å². The van der Waals surface area contributed by atoms with Gasteiger partial charge in [-0.15, -0.1) is 0 Å². The van der Waals surface area contributed by atoms with Gasteiger partial charge in [0.15, 0.2) is 5.41 Å². The summed E-state index contributed by atoms with van der Waals surface area (Å²) in [5.74, 6) is -1.23. The van der Waals surface area contributed by atoms with Gasteiger partial charge in [0.2, 0.25) is 11.8 Å². The molecule has 3 heterocycles. The van der Waals surface area contributed by atoms with Crippen molar-refractivity contribution in [3.05, 3.63) is 106 Å². The van der Waals surface area contributed by atoms with Crippen molar-refractivity contribution in [3.63, 3.8) is 0 Å². The minimum absolute atomic E-state index is 0.0166. The molecule has 0 bridgehead atoms. The normalized spacial score (nSPS) is 22.9. The number of benzene rings is 3. The number of anilines is 1. The number of hydrogen-bond acceptors (Lipinski definition) is 7. The van der Waals surface area contributed by atoms with E-state index in [2.05, 4.69) is 10.2 Å². The second-order valence-electron chi connectivity index (χ2n) is 10.3. The second kappa shape index (κ2) is 9.63. The first-order chi connectivity index (χ1) is 18.9. The summed E-state index contributed by atoms with van der Waals surface area (Å²) in [6, 6.07) is 22.4. The van der Waals surface area contributed by atoms with Crippen molar-refractivity contribution in [3.8, 4) is 0 Å². The van der Waals surface area contributed by atoms with Gasteiger partial charge in [-0.3, -0.25) is 34.8 Å². The van der Waals surface area contributed by atoms with E-state index in [1.165, 1.54) is 12.1 Å². The zero-order valence-electron chi connectivity index (χ0n) is 21.2. The van der Waals surface area contributed by atoms with E-state index in [1.54, 1.807) is 6.07 Å². The van der Waals surface area contributed by atoms with Crippen molar-refractivity contribution >= 4 is 29.2 Å². The Hall–Kier alpha value is -4.57. The first-order valence-electron chi connectivity index (χ1n) is 12.9. The maximum absolute atomic E-state index is 14.3. The molecule has 10 nitrogen and oxygen atoms in total. The molecule has 0 aromatic heterocycles. The fourth-order valence-corrected chi connectivity index (χ4v) is 6.13. The summed E-state index contributed by atoms with van der Waals surface area (Å²) < 4.78 is 0. The summed E-state index contributed by atoms with van der Waals surface area (Å²) in [5, 5.41) is 14.0. The highest BCUT2D eigenvalue weighted by Crippen LogP contribution is 2.46. The minimum atomic E-state index is -1.62. The maximum atomic E-state index is 14.3. The van der Waals surface area contributed by atoms with Gasteiger partial charge in [-0.05, 0) is 22.8 Å². The number of nitro benzene ring substituents is 1. The summed E-state index contributed by atoms with van der Waals surface area (Å²) in [7, 11) is 0. The third-order valence-corrected chi connectivity index (χ3v) is 8.02. The first-order valence-corrected chi connectivity index (χ1v) is 12.9. The molecule has 3 aliphatic heterocycles. The lowest BCUT2D eigenvalue weighted by atomic mass is 9.67. The Morgan fingerprint density at radius 1 is 0.897 bits per heavy atom. The van der Waals surface area contributed by atoms with Crippen LogP contribution in [0.5, 0.6) is 0 Å². The molecular formula is C29H27N5O5. The van der Waals surface area contributed by atoms with Gasteiger partial charge in [0.1, 0.15) is 0 Å². The van der Waals surface area contributed by atoms with Gasteiger partial charge in [0.25, 0.3) is 5.69 Å². The third-order valence-electron chi connectivity index (χ3n) is 8.02. The van der Waals surface area contributed by atoms with Gasteiger partial charge in [-0.1, -0.05) is 60.7 Å². The van der Waals surface area contributed by atoms with Crippen molar-refractivity contribution in [1.82, 2.24) is 15.1 Å². The van der Waals surface area contributed by atoms with Crippen LogP contribution in [-0.4, -0.2) is 58.2 Å². The molecule has 2 atom stereocenters. The van der Waals surface area contributed by atoms with E-state index >= 15 is 0 Å². The van der Waals surface area contributed by atoms with Crippen molar-refractivity contribution in [2.24, 2.45) is 5.41 Å². The number of carbonyl (C=O) groups is 3. The van der Waals surface area contributed by atoms with E-state index in [4.69, 9.17) is 0 Å². The van der Waals surface area contributed by atoms with Gasteiger partial charge in [-0.25, -0.2) is 4.79 Å². The number of rotatable bonds is 5. The Balaban J connectivity index is 1.42. The quantitative estimate of drug-likeness (QED) is 0.309. The summed E-state index contributed by atoms with van der Waals surface area (Å²) in [4.78, 5) is 57.5. The highest BCUT2D eigenvalue weighted by atomic mass is 16.6. The number of nitrogens with zero attached hydrogens (tertiary/aromatic N) is 4. The van der Waals surface area contributed by atoms with Crippen LogP contribution in [0.15, 0.2) is 78.9 Å². The largest absolute Gasteiger partial charge is 0.364 e. The minimum Gasteiger partial charge on any atom is -0.364 e. The molecule has 39 heavy (non-hydrogen) atoms. The third kappa shape index (κ3) is 4.22. The number of amides is 4. The van der Waals surface area contributed by atoms with E-state index in [9.17, 15) is 24.5 Å². The molecule has 0 aliphatic carbocycles. The SMILES string of the molecule is O=C1NC(=O)[C@@]2(Cc3cc([N+](=O)[O-])ccc3N3CCN(Cc4ccccc4)C[C@@H]32)C(=O)N1Cc1ccccc1. The molecule has 2 saturated heterocycles. The highest BCUT2D eigenvalue weighted by molar-refractivity contribution is 6.20. The Labute approximate surface area is 225 Å². The van der Waals surface area contributed by atoms with Crippen LogP contribution >= 0.6 is 0 Å². The van der Waals surface area contributed by atoms with Crippen LogP contribution < -0.4 is 10.2 Å². The molecule has 4 amide bonds. The molecule has 198 valence electrons. The van der Waals surface area contributed by atoms with E-state index < -0.39 is 34.2 Å². The van der Waals surface area contributed by atoms with Crippen molar-refractivity contribution in [2.75, 3.05) is 24.5 Å². The summed E-state index contributed by atoms with van der Waals surface area (Å²) >= 11 is 0. The molecule has 1 N–H and O–H groups in total. The van der Waals surface area contributed by atoms with Crippen molar-refractivity contribution in [1.29, 1.82) is 0 Å². The van der Waals surface area contributed by atoms with Crippen LogP contribution in [0, 0.1) is 15.5 Å². The number of imide groups is 2. The molecule has 0 radical (unpaired) electrons. The molecule has 1 spiro atoms. The fraction of sp³-hybridized carbons (Fsp3) is 0.276. The molecule has 3 aliphatic rings. The molecule has 10 heteroatoms. The van der Waals surface area contributed by atoms with E-state index in [1.807, 2.05) is 65.6 Å². The van der Waals surface area contributed by atoms with Gasteiger partial charge in [0, 0.05) is 50.4 Å². The zero-order valence-corrected chi connectivity index (χ0v) is 21.2. The van der Waals surface area contributed by atoms with Gasteiger partial charge >= 0.3 is 6.03 Å². The number of hydrogen-bond donors (Lipinski definition) is 1. The number of nitro groups is 1. The molecule has 6 rings (SSSR count). The summed E-state index contributed by atoms with van der Waals surface area (Å²) in [6.45, 7) is 2.29. The number of urea groups is 1. The second-order valence-corrected chi connectivity index (χ2v) is 10.3. The van der Waals surface area contributed by atoms with Gasteiger partial charge in [-0.2, -0.15) is 0 Å². The Morgan fingerprint density at radius 2 is 1.56 bits per heavy atom. The molecule has 0 unspecified atom stereocenters. The highest BCUT2D eigenvalue weighted by Gasteiger charge is 2.62. The number of piperazine rings is 1. The summed E-state index contributed by atoms with van der Waals surface area (Å²) in [6.07, 6.45) is -0.0341. The average Bonchev–Trinajstić information content (AvgIpc) is 2.95. The monoisotopic (exact) mass is 525 g/mol. The summed E-state index contributed by atoms with van der Waals surface area (Å²) in [5.41, 5.74) is 1.47. The van der Waals surface area contributed by atoms with E-state index in [0.29, 0.717) is 31.7 Å². The van der Waals surface area contributed by atoms with Gasteiger partial charge in [0.05, 0.1) is 17.5 Å². The van der Waals surface area contributed by atoms with Crippen molar-refractivity contribution < 1.29 is 19.3 Å². The van der Waals surface area contributed by atoms with E-state index in [-0.39, 0.29) is 18.7 Å². The van der Waals surface area contributed by atoms with Crippen LogP contribution in [-0.2, 0) is 29.1 Å². The van der Waals surface area contributed by atoms with E-state index in [0.717, 1.165) is 21.7 Å². The molecule has 0 saturated carbocycles. The Morgan fingerprint density at radius 3 is 2.23 bits per heavy atom. The number of non-ortho nitro benzene ring substituents is 1. The van der Waals surface area contributed by atoms with Crippen LogP contribution in [0.2, 0.25) is 0 Å². The van der Waals surface area contributed by atoms with Crippen molar-refractivity contribution in [2.45, 2.75) is 25.6 Å².